The van der Waals surface area contributed by atoms with Crippen LogP contribution in [-0.4, -0.2) is 43.5 Å². The molecule has 0 aliphatic heterocycles. The first-order chi connectivity index (χ1) is 13.9. The van der Waals surface area contributed by atoms with Crippen molar-refractivity contribution in [1.82, 2.24) is 10.2 Å². The maximum absolute atomic E-state index is 13.7. The van der Waals surface area contributed by atoms with E-state index in [0.29, 0.717) is 13.1 Å². The molecule has 0 aromatic heterocycles. The van der Waals surface area contributed by atoms with E-state index in [1.54, 1.807) is 6.92 Å². The highest BCUT2D eigenvalue weighted by Gasteiger charge is 2.20. The van der Waals surface area contributed by atoms with Gasteiger partial charge >= 0.3 is 5.97 Å². The summed E-state index contributed by atoms with van der Waals surface area (Å²) in [5.41, 5.74) is 0.957. The molecule has 0 aliphatic carbocycles. The molecule has 5 nitrogen and oxygen atoms in total. The number of esters is 1. The molecule has 0 aliphatic rings. The molecule has 1 atom stereocenters. The number of ether oxygens (including phenoxy) is 1. The summed E-state index contributed by atoms with van der Waals surface area (Å²) in [5.74, 6) is -2.29. The van der Waals surface area contributed by atoms with Crippen LogP contribution in [0.15, 0.2) is 48.5 Å². The van der Waals surface area contributed by atoms with Gasteiger partial charge < -0.3 is 10.1 Å². The standard InChI is InChI=1S/C22H26F2N2O3/c1-16(22(28)29-2)13-26(14-17-7-4-3-5-8-17)15-21(27)25-12-11-18-19(23)9-6-10-20(18)24/h3-10,16H,11-15H2,1-2H3,(H,25,27). The molecule has 0 saturated heterocycles. The zero-order chi connectivity index (χ0) is 21.2. The molecule has 0 fully saturated rings. The first-order valence-corrected chi connectivity index (χ1v) is 9.44. The van der Waals surface area contributed by atoms with Crippen LogP contribution in [0.1, 0.15) is 18.1 Å². The number of nitrogens with one attached hydrogen (secondary N) is 1. The van der Waals surface area contributed by atoms with Crippen LogP contribution in [0.5, 0.6) is 0 Å². The number of hydrogen-bond acceptors (Lipinski definition) is 4. The molecule has 1 amide bonds. The van der Waals surface area contributed by atoms with Crippen LogP contribution in [0.3, 0.4) is 0 Å². The minimum Gasteiger partial charge on any atom is -0.469 e. The minimum atomic E-state index is -0.628. The normalized spacial score (nSPS) is 11.9. The summed E-state index contributed by atoms with van der Waals surface area (Å²) in [4.78, 5) is 26.0. The van der Waals surface area contributed by atoms with Gasteiger partial charge in [-0.2, -0.15) is 0 Å². The number of methoxy groups -OCH3 is 1. The lowest BCUT2D eigenvalue weighted by Crippen LogP contribution is -2.40. The number of halogens is 2. The van der Waals surface area contributed by atoms with Crippen LogP contribution in [0.2, 0.25) is 0 Å². The number of rotatable bonds is 10. The molecule has 0 spiro atoms. The monoisotopic (exact) mass is 404 g/mol. The zero-order valence-electron chi connectivity index (χ0n) is 16.7. The molecular weight excluding hydrogens is 378 g/mol. The fourth-order valence-corrected chi connectivity index (χ4v) is 3.05. The zero-order valence-corrected chi connectivity index (χ0v) is 16.7. The maximum Gasteiger partial charge on any atom is 0.309 e. The quantitative estimate of drug-likeness (QED) is 0.619. The topological polar surface area (TPSA) is 58.6 Å². The Morgan fingerprint density at radius 2 is 1.72 bits per heavy atom. The van der Waals surface area contributed by atoms with Crippen molar-refractivity contribution >= 4 is 11.9 Å². The van der Waals surface area contributed by atoms with Crippen LogP contribution < -0.4 is 5.32 Å². The van der Waals surface area contributed by atoms with E-state index in [4.69, 9.17) is 4.74 Å². The fourth-order valence-electron chi connectivity index (χ4n) is 3.05. The molecule has 0 radical (unpaired) electrons. The minimum absolute atomic E-state index is 0.0479. The van der Waals surface area contributed by atoms with Crippen molar-refractivity contribution in [2.45, 2.75) is 19.9 Å². The summed E-state index contributed by atoms with van der Waals surface area (Å²) in [7, 11) is 1.33. The first-order valence-electron chi connectivity index (χ1n) is 9.44. The van der Waals surface area contributed by atoms with Gasteiger partial charge in [-0.25, -0.2) is 8.78 Å². The average molecular weight is 404 g/mol. The summed E-state index contributed by atoms with van der Waals surface area (Å²) in [6.07, 6.45) is 0.0570. The SMILES string of the molecule is COC(=O)C(C)CN(CC(=O)NCCc1c(F)cccc1F)Cc1ccccc1. The summed E-state index contributed by atoms with van der Waals surface area (Å²) >= 11 is 0. The third-order valence-electron chi connectivity index (χ3n) is 4.51. The molecule has 1 N–H and O–H groups in total. The van der Waals surface area contributed by atoms with E-state index >= 15 is 0 Å². The number of nitrogens with zero attached hydrogens (tertiary/aromatic N) is 1. The molecule has 0 saturated carbocycles. The van der Waals surface area contributed by atoms with Crippen molar-refractivity contribution in [3.63, 3.8) is 0 Å². The predicted molar refractivity (Wildman–Crippen MR) is 106 cm³/mol. The molecule has 2 rings (SSSR count). The van der Waals surface area contributed by atoms with Gasteiger partial charge in [0.05, 0.1) is 19.6 Å². The second kappa shape index (κ2) is 11.3. The molecule has 2 aromatic carbocycles. The Labute approximate surface area is 169 Å². The van der Waals surface area contributed by atoms with E-state index in [1.807, 2.05) is 35.2 Å². The van der Waals surface area contributed by atoms with Gasteiger partial charge in [0.2, 0.25) is 5.91 Å². The Balaban J connectivity index is 1.93. The molecule has 2 aromatic rings. The molecule has 0 bridgehead atoms. The van der Waals surface area contributed by atoms with Crippen molar-refractivity contribution in [1.29, 1.82) is 0 Å². The van der Waals surface area contributed by atoms with Crippen LogP contribution in [-0.2, 0) is 27.3 Å². The Morgan fingerprint density at radius 3 is 2.34 bits per heavy atom. The molecule has 0 heterocycles. The number of hydrogen-bond donors (Lipinski definition) is 1. The van der Waals surface area contributed by atoms with Crippen molar-refractivity contribution in [3.8, 4) is 0 Å². The van der Waals surface area contributed by atoms with E-state index in [9.17, 15) is 18.4 Å². The van der Waals surface area contributed by atoms with Gasteiger partial charge in [0.25, 0.3) is 0 Å². The number of amides is 1. The second-order valence-electron chi connectivity index (χ2n) is 6.88. The lowest BCUT2D eigenvalue weighted by atomic mass is 10.1. The maximum atomic E-state index is 13.7. The van der Waals surface area contributed by atoms with E-state index in [2.05, 4.69) is 5.32 Å². The molecular formula is C22H26F2N2O3. The second-order valence-corrected chi connectivity index (χ2v) is 6.88. The van der Waals surface area contributed by atoms with Gasteiger partial charge in [0.15, 0.2) is 0 Å². The van der Waals surface area contributed by atoms with Gasteiger partial charge in [0, 0.05) is 25.2 Å². The highest BCUT2D eigenvalue weighted by atomic mass is 19.1. The third-order valence-corrected chi connectivity index (χ3v) is 4.51. The van der Waals surface area contributed by atoms with Crippen LogP contribution >= 0.6 is 0 Å². The Bertz CT molecular complexity index is 795. The van der Waals surface area contributed by atoms with Gasteiger partial charge in [-0.3, -0.25) is 14.5 Å². The van der Waals surface area contributed by atoms with Crippen molar-refractivity contribution < 1.29 is 23.1 Å². The van der Waals surface area contributed by atoms with Gasteiger partial charge in [-0.05, 0) is 24.1 Å². The molecule has 156 valence electrons. The number of benzene rings is 2. The Kier molecular flexibility index (Phi) is 8.73. The fraction of sp³-hybridized carbons (Fsp3) is 0.364. The average Bonchev–Trinajstić information content (AvgIpc) is 2.70. The lowest BCUT2D eigenvalue weighted by Gasteiger charge is -2.24. The van der Waals surface area contributed by atoms with E-state index in [1.165, 1.54) is 25.3 Å². The van der Waals surface area contributed by atoms with E-state index in [-0.39, 0.29) is 37.0 Å². The van der Waals surface area contributed by atoms with E-state index < -0.39 is 17.6 Å². The summed E-state index contributed by atoms with van der Waals surface area (Å²) in [6, 6.07) is 13.3. The van der Waals surface area contributed by atoms with Gasteiger partial charge in [-0.1, -0.05) is 43.3 Å². The number of carbonyl (C=O) groups is 2. The summed E-state index contributed by atoms with van der Waals surface area (Å²) in [6.45, 7) is 2.73. The van der Waals surface area contributed by atoms with Crippen LogP contribution in [0, 0.1) is 17.6 Å². The highest BCUT2D eigenvalue weighted by Crippen LogP contribution is 2.12. The molecule has 7 heteroatoms. The summed E-state index contributed by atoms with van der Waals surface area (Å²) in [5, 5.41) is 2.69. The number of carbonyl (C=O) groups excluding carboxylic acids is 2. The van der Waals surface area contributed by atoms with Crippen LogP contribution in [0.25, 0.3) is 0 Å². The third kappa shape index (κ3) is 7.27. The Hall–Kier alpha value is -2.80. The van der Waals surface area contributed by atoms with Crippen molar-refractivity contribution in [3.05, 3.63) is 71.3 Å². The largest absolute Gasteiger partial charge is 0.469 e. The van der Waals surface area contributed by atoms with Gasteiger partial charge in [-0.15, -0.1) is 0 Å². The highest BCUT2D eigenvalue weighted by molar-refractivity contribution is 5.78. The summed E-state index contributed by atoms with van der Waals surface area (Å²) < 4.78 is 32.1. The van der Waals surface area contributed by atoms with E-state index in [0.717, 1.165) is 5.56 Å². The molecule has 1 unspecified atom stereocenters. The van der Waals surface area contributed by atoms with Gasteiger partial charge in [0.1, 0.15) is 11.6 Å². The smallest absolute Gasteiger partial charge is 0.309 e. The Morgan fingerprint density at radius 1 is 1.07 bits per heavy atom. The van der Waals surface area contributed by atoms with Crippen molar-refractivity contribution in [2.24, 2.45) is 5.92 Å². The molecule has 29 heavy (non-hydrogen) atoms. The van der Waals surface area contributed by atoms with Crippen molar-refractivity contribution in [2.75, 3.05) is 26.7 Å². The first kappa shape index (κ1) is 22.5. The van der Waals surface area contributed by atoms with Crippen LogP contribution in [0.4, 0.5) is 8.78 Å². The lowest BCUT2D eigenvalue weighted by molar-refractivity contribution is -0.145. The predicted octanol–water partition coefficient (Wildman–Crippen LogP) is 2.93.